The Kier molecular flexibility index (Phi) is 4.84. The van der Waals surface area contributed by atoms with Crippen LogP contribution < -0.4 is 5.32 Å². The van der Waals surface area contributed by atoms with E-state index in [4.69, 9.17) is 0 Å². The van der Waals surface area contributed by atoms with Crippen LogP contribution in [0.25, 0.3) is 5.65 Å². The predicted molar refractivity (Wildman–Crippen MR) is 93.6 cm³/mol. The van der Waals surface area contributed by atoms with Gasteiger partial charge in [0.25, 0.3) is 5.91 Å². The van der Waals surface area contributed by atoms with E-state index in [9.17, 15) is 9.59 Å². The van der Waals surface area contributed by atoms with Crippen molar-refractivity contribution in [2.75, 3.05) is 16.9 Å². The first-order chi connectivity index (χ1) is 11.6. The van der Waals surface area contributed by atoms with Gasteiger partial charge in [-0.1, -0.05) is 19.1 Å². The quantitative estimate of drug-likeness (QED) is 0.857. The van der Waals surface area contributed by atoms with Crippen molar-refractivity contribution in [3.8, 4) is 0 Å². The molecule has 0 unspecified atom stereocenters. The molecule has 0 bridgehead atoms. The molecule has 0 spiro atoms. The van der Waals surface area contributed by atoms with Gasteiger partial charge in [0.2, 0.25) is 11.9 Å². The highest BCUT2D eigenvalue weighted by atomic mass is 32.2. The first-order valence-electron chi connectivity index (χ1n) is 7.78. The van der Waals surface area contributed by atoms with Crippen molar-refractivity contribution >= 4 is 35.2 Å². The molecule has 3 rings (SSSR count). The van der Waals surface area contributed by atoms with E-state index in [-0.39, 0.29) is 11.8 Å². The molecule has 2 aromatic rings. The first-order valence-corrected chi connectivity index (χ1v) is 8.93. The fourth-order valence-electron chi connectivity index (χ4n) is 2.60. The summed E-state index contributed by atoms with van der Waals surface area (Å²) in [7, 11) is 0. The molecule has 0 saturated carbocycles. The second kappa shape index (κ2) is 7.04. The van der Waals surface area contributed by atoms with Crippen LogP contribution in [0.15, 0.2) is 36.0 Å². The lowest BCUT2D eigenvalue weighted by Crippen LogP contribution is -2.45. The van der Waals surface area contributed by atoms with E-state index in [2.05, 4.69) is 15.5 Å². The van der Waals surface area contributed by atoms with Crippen LogP contribution in [0.3, 0.4) is 0 Å². The summed E-state index contributed by atoms with van der Waals surface area (Å²) in [6, 6.07) is 5.00. The summed E-state index contributed by atoms with van der Waals surface area (Å²) in [5, 5.41) is 10.8. The van der Waals surface area contributed by atoms with Gasteiger partial charge < -0.3 is 4.90 Å². The van der Waals surface area contributed by atoms with Crippen LogP contribution in [0.1, 0.15) is 20.3 Å². The molecule has 8 heteroatoms. The van der Waals surface area contributed by atoms with Crippen LogP contribution in [0.5, 0.6) is 0 Å². The van der Waals surface area contributed by atoms with E-state index in [0.29, 0.717) is 28.8 Å². The third-order valence-corrected chi connectivity index (χ3v) is 4.85. The maximum atomic E-state index is 12.6. The summed E-state index contributed by atoms with van der Waals surface area (Å²) >= 11 is 1.57. The lowest BCUT2D eigenvalue weighted by atomic mass is 10.2. The molecule has 7 nitrogen and oxygen atoms in total. The van der Waals surface area contributed by atoms with Crippen molar-refractivity contribution in [1.82, 2.24) is 19.5 Å². The number of fused-ring (bicyclic) bond motifs is 1. The average Bonchev–Trinajstić information content (AvgIpc) is 3.22. The normalized spacial score (nSPS) is 18.2. The van der Waals surface area contributed by atoms with Gasteiger partial charge in [-0.15, -0.1) is 22.0 Å². The lowest BCUT2D eigenvalue weighted by molar-refractivity contribution is -0.133. The molecule has 1 saturated heterocycles. The highest BCUT2D eigenvalue weighted by Gasteiger charge is 2.35. The van der Waals surface area contributed by atoms with Crippen molar-refractivity contribution in [3.63, 3.8) is 0 Å². The second-order valence-electron chi connectivity index (χ2n) is 5.53. The first kappa shape index (κ1) is 16.5. The summed E-state index contributed by atoms with van der Waals surface area (Å²) in [5.74, 6) is 1.13. The molecular formula is C16H19N5O2S. The maximum Gasteiger partial charge on any atom is 0.250 e. The van der Waals surface area contributed by atoms with Gasteiger partial charge in [0.1, 0.15) is 6.04 Å². The summed E-state index contributed by atoms with van der Waals surface area (Å²) in [5.41, 5.74) is 1.33. The van der Waals surface area contributed by atoms with E-state index in [0.717, 1.165) is 6.42 Å². The standard InChI is InChI=1S/C16H19N5O2S/c1-3-6-11(2)15(23)21-10-24-9-12(21)14(22)17-16-19-18-13-7-4-5-8-20(13)16/h4-8,12H,3,9-10H2,1-2H3,(H,17,19,22)/b11-6-/t12-/m0/s1. The molecule has 0 aliphatic carbocycles. The summed E-state index contributed by atoms with van der Waals surface area (Å²) in [6.45, 7) is 3.77. The van der Waals surface area contributed by atoms with E-state index in [1.807, 2.05) is 31.2 Å². The molecule has 126 valence electrons. The van der Waals surface area contributed by atoms with Gasteiger partial charge in [-0.3, -0.25) is 19.3 Å². The Morgan fingerprint density at radius 2 is 2.25 bits per heavy atom. The minimum Gasteiger partial charge on any atom is -0.317 e. The monoisotopic (exact) mass is 345 g/mol. The van der Waals surface area contributed by atoms with E-state index >= 15 is 0 Å². The van der Waals surface area contributed by atoms with Gasteiger partial charge >= 0.3 is 0 Å². The Hall–Kier alpha value is -2.35. The number of thioether (sulfide) groups is 1. The summed E-state index contributed by atoms with van der Waals surface area (Å²) in [4.78, 5) is 26.7. The smallest absolute Gasteiger partial charge is 0.250 e. The molecule has 1 N–H and O–H groups in total. The third kappa shape index (κ3) is 3.14. The molecule has 1 atom stereocenters. The number of hydrogen-bond donors (Lipinski definition) is 1. The average molecular weight is 345 g/mol. The van der Waals surface area contributed by atoms with Gasteiger partial charge in [0, 0.05) is 17.5 Å². The number of pyridine rings is 1. The van der Waals surface area contributed by atoms with E-state index in [1.165, 1.54) is 0 Å². The topological polar surface area (TPSA) is 79.6 Å². The highest BCUT2D eigenvalue weighted by molar-refractivity contribution is 7.99. The number of aromatic nitrogens is 3. The van der Waals surface area contributed by atoms with Crippen LogP contribution in [-0.2, 0) is 9.59 Å². The number of nitrogens with zero attached hydrogens (tertiary/aromatic N) is 4. The van der Waals surface area contributed by atoms with Gasteiger partial charge in [-0.2, -0.15) is 0 Å². The molecule has 1 fully saturated rings. The highest BCUT2D eigenvalue weighted by Crippen LogP contribution is 2.24. The largest absolute Gasteiger partial charge is 0.317 e. The van der Waals surface area contributed by atoms with Crippen molar-refractivity contribution in [2.45, 2.75) is 26.3 Å². The number of rotatable bonds is 4. The number of amides is 2. The number of allylic oxidation sites excluding steroid dienone is 1. The zero-order valence-electron chi connectivity index (χ0n) is 13.6. The predicted octanol–water partition coefficient (Wildman–Crippen LogP) is 1.93. The van der Waals surface area contributed by atoms with Crippen molar-refractivity contribution in [2.24, 2.45) is 0 Å². The van der Waals surface area contributed by atoms with Gasteiger partial charge in [0.05, 0.1) is 5.88 Å². The number of carbonyl (C=O) groups excluding carboxylic acids is 2. The molecule has 0 radical (unpaired) electrons. The number of anilines is 1. The van der Waals surface area contributed by atoms with E-state index in [1.54, 1.807) is 34.2 Å². The minimum absolute atomic E-state index is 0.0897. The number of nitrogens with one attached hydrogen (secondary N) is 1. The number of hydrogen-bond acceptors (Lipinski definition) is 5. The Labute approximate surface area is 144 Å². The van der Waals surface area contributed by atoms with Crippen LogP contribution >= 0.6 is 11.8 Å². The number of carbonyl (C=O) groups is 2. The SMILES string of the molecule is CC/C=C(/C)C(=O)N1CSC[C@H]1C(=O)Nc1nnc2ccccn12. The Morgan fingerprint density at radius 3 is 3.04 bits per heavy atom. The molecule has 24 heavy (non-hydrogen) atoms. The molecule has 2 aromatic heterocycles. The Morgan fingerprint density at radius 1 is 1.42 bits per heavy atom. The molecule has 1 aliphatic rings. The minimum atomic E-state index is -0.501. The van der Waals surface area contributed by atoms with Gasteiger partial charge in [-0.05, 0) is 25.5 Å². The van der Waals surface area contributed by atoms with Crippen LogP contribution in [0.2, 0.25) is 0 Å². The van der Waals surface area contributed by atoms with Crippen LogP contribution in [-0.4, -0.2) is 49.0 Å². The third-order valence-electron chi connectivity index (χ3n) is 3.84. The Balaban J connectivity index is 1.76. The van der Waals surface area contributed by atoms with Crippen molar-refractivity contribution in [3.05, 3.63) is 36.0 Å². The van der Waals surface area contributed by atoms with E-state index < -0.39 is 6.04 Å². The van der Waals surface area contributed by atoms with Crippen LogP contribution in [0, 0.1) is 0 Å². The lowest BCUT2D eigenvalue weighted by Gasteiger charge is -2.23. The zero-order chi connectivity index (χ0) is 17.1. The molecule has 3 heterocycles. The fraction of sp³-hybridized carbons (Fsp3) is 0.375. The van der Waals surface area contributed by atoms with Gasteiger partial charge in [-0.25, -0.2) is 0 Å². The van der Waals surface area contributed by atoms with Crippen LogP contribution in [0.4, 0.5) is 5.95 Å². The van der Waals surface area contributed by atoms with Crippen molar-refractivity contribution < 1.29 is 9.59 Å². The Bertz CT molecular complexity index is 801. The van der Waals surface area contributed by atoms with Gasteiger partial charge in [0.15, 0.2) is 5.65 Å². The maximum absolute atomic E-state index is 12.6. The molecule has 2 amide bonds. The molecule has 1 aliphatic heterocycles. The molecule has 0 aromatic carbocycles. The summed E-state index contributed by atoms with van der Waals surface area (Å²) < 4.78 is 1.70. The zero-order valence-corrected chi connectivity index (χ0v) is 14.4. The van der Waals surface area contributed by atoms with Crippen molar-refractivity contribution in [1.29, 1.82) is 0 Å². The fourth-order valence-corrected chi connectivity index (χ4v) is 3.75. The second-order valence-corrected chi connectivity index (χ2v) is 6.53. The molecular weight excluding hydrogens is 326 g/mol. The summed E-state index contributed by atoms with van der Waals surface area (Å²) in [6.07, 6.45) is 4.46.